The first-order valence-corrected chi connectivity index (χ1v) is 5.83. The number of nitrogens with two attached hydrogens (primary N) is 1. The van der Waals surface area contributed by atoms with Crippen molar-refractivity contribution in [3.05, 3.63) is 29.8 Å². The monoisotopic (exact) mass is 206 g/mol. The normalized spacial score (nSPS) is 10.7. The second-order valence-corrected chi connectivity index (χ2v) is 3.96. The minimum absolute atomic E-state index is 0.618. The van der Waals surface area contributed by atoms with Crippen LogP contribution in [0.4, 0.5) is 5.69 Å². The molecule has 1 aromatic carbocycles. The Bertz CT molecular complexity index is 262. The molecular weight excluding hydrogens is 184 g/mol. The van der Waals surface area contributed by atoms with E-state index in [0.29, 0.717) is 6.54 Å². The van der Waals surface area contributed by atoms with Gasteiger partial charge in [0.1, 0.15) is 0 Å². The summed E-state index contributed by atoms with van der Waals surface area (Å²) in [6, 6.07) is 8.36. The fraction of sp³-hybridized carbons (Fsp3) is 0.538. The van der Waals surface area contributed by atoms with E-state index in [9.17, 15) is 0 Å². The highest BCUT2D eigenvalue weighted by Crippen LogP contribution is 2.12. The van der Waals surface area contributed by atoms with Gasteiger partial charge in [0.05, 0.1) is 0 Å². The molecule has 84 valence electrons. The highest BCUT2D eigenvalue weighted by atomic mass is 14.9. The molecular formula is C13H22N2. The van der Waals surface area contributed by atoms with Crippen LogP contribution >= 0.6 is 0 Å². The first-order chi connectivity index (χ1) is 7.30. The van der Waals surface area contributed by atoms with E-state index in [0.717, 1.165) is 12.5 Å². The van der Waals surface area contributed by atoms with Gasteiger partial charge in [-0.2, -0.15) is 0 Å². The molecule has 0 aromatic heterocycles. The van der Waals surface area contributed by atoms with Crippen LogP contribution in [-0.4, -0.2) is 6.54 Å². The van der Waals surface area contributed by atoms with Crippen LogP contribution in [0.15, 0.2) is 24.3 Å². The maximum absolute atomic E-state index is 5.54. The fourth-order valence-corrected chi connectivity index (χ4v) is 1.60. The quantitative estimate of drug-likeness (QED) is 0.751. The topological polar surface area (TPSA) is 38.0 Å². The lowest BCUT2D eigenvalue weighted by Crippen LogP contribution is -2.12. The zero-order valence-corrected chi connectivity index (χ0v) is 9.79. The third kappa shape index (κ3) is 3.92. The maximum Gasteiger partial charge on any atom is 0.0340 e. The number of benzene rings is 1. The summed E-state index contributed by atoms with van der Waals surface area (Å²) in [7, 11) is 0. The smallest absolute Gasteiger partial charge is 0.0340 e. The first-order valence-electron chi connectivity index (χ1n) is 5.83. The van der Waals surface area contributed by atoms with Crippen molar-refractivity contribution >= 4 is 5.69 Å². The summed E-state index contributed by atoms with van der Waals surface area (Å²) < 4.78 is 0. The second kappa shape index (κ2) is 6.46. The van der Waals surface area contributed by atoms with Crippen LogP contribution in [0.1, 0.15) is 32.3 Å². The molecule has 0 amide bonds. The van der Waals surface area contributed by atoms with Crippen LogP contribution in [0, 0.1) is 5.92 Å². The Morgan fingerprint density at radius 1 is 1.13 bits per heavy atom. The van der Waals surface area contributed by atoms with Gasteiger partial charge in [0, 0.05) is 18.8 Å². The zero-order valence-electron chi connectivity index (χ0n) is 9.79. The van der Waals surface area contributed by atoms with E-state index in [-0.39, 0.29) is 0 Å². The molecule has 0 atom stereocenters. The minimum Gasteiger partial charge on any atom is -0.385 e. The number of anilines is 1. The molecule has 0 spiro atoms. The van der Waals surface area contributed by atoms with E-state index in [1.165, 1.54) is 24.1 Å². The molecule has 0 aliphatic heterocycles. The Kier molecular flexibility index (Phi) is 5.19. The van der Waals surface area contributed by atoms with Crippen molar-refractivity contribution in [3.63, 3.8) is 0 Å². The number of hydrogen-bond acceptors (Lipinski definition) is 2. The molecule has 1 aromatic rings. The maximum atomic E-state index is 5.54. The van der Waals surface area contributed by atoms with Crippen molar-refractivity contribution in [1.29, 1.82) is 0 Å². The highest BCUT2D eigenvalue weighted by Gasteiger charge is 2.02. The van der Waals surface area contributed by atoms with Crippen LogP contribution in [0.5, 0.6) is 0 Å². The molecule has 0 fully saturated rings. The molecule has 0 unspecified atom stereocenters. The van der Waals surface area contributed by atoms with E-state index in [1.54, 1.807) is 0 Å². The molecule has 3 N–H and O–H groups in total. The minimum atomic E-state index is 0.618. The van der Waals surface area contributed by atoms with E-state index in [2.05, 4.69) is 43.4 Å². The van der Waals surface area contributed by atoms with Gasteiger partial charge in [0.2, 0.25) is 0 Å². The molecule has 0 aliphatic carbocycles. The third-order valence-corrected chi connectivity index (χ3v) is 2.94. The molecule has 0 aliphatic rings. The summed E-state index contributed by atoms with van der Waals surface area (Å²) in [4.78, 5) is 0. The van der Waals surface area contributed by atoms with Gasteiger partial charge < -0.3 is 11.1 Å². The van der Waals surface area contributed by atoms with Crippen molar-refractivity contribution in [2.75, 3.05) is 11.9 Å². The summed E-state index contributed by atoms with van der Waals surface area (Å²) in [5.41, 5.74) is 7.92. The van der Waals surface area contributed by atoms with Crippen molar-refractivity contribution < 1.29 is 0 Å². The summed E-state index contributed by atoms with van der Waals surface area (Å²) >= 11 is 0. The molecule has 0 radical (unpaired) electrons. The Morgan fingerprint density at radius 2 is 1.73 bits per heavy atom. The second-order valence-electron chi connectivity index (χ2n) is 3.96. The van der Waals surface area contributed by atoms with Gasteiger partial charge in [0.15, 0.2) is 0 Å². The Morgan fingerprint density at radius 3 is 2.20 bits per heavy atom. The van der Waals surface area contributed by atoms with Crippen molar-refractivity contribution in [2.45, 2.75) is 33.2 Å². The van der Waals surface area contributed by atoms with Gasteiger partial charge in [-0.1, -0.05) is 38.8 Å². The van der Waals surface area contributed by atoms with Crippen LogP contribution in [0.3, 0.4) is 0 Å². The summed E-state index contributed by atoms with van der Waals surface area (Å²) in [6.45, 7) is 6.17. The third-order valence-electron chi connectivity index (χ3n) is 2.94. The number of hydrogen-bond donors (Lipinski definition) is 2. The molecule has 2 heteroatoms. The zero-order chi connectivity index (χ0) is 11.1. The van der Waals surface area contributed by atoms with Gasteiger partial charge in [-0.25, -0.2) is 0 Å². The summed E-state index contributed by atoms with van der Waals surface area (Å²) in [6.07, 6.45) is 2.48. The lowest BCUT2D eigenvalue weighted by atomic mass is 10.0. The van der Waals surface area contributed by atoms with Gasteiger partial charge in [-0.05, 0) is 23.6 Å². The average molecular weight is 206 g/mol. The molecule has 0 saturated heterocycles. The standard InChI is InChI=1S/C13H22N2/c1-3-11(4-2)10-15-13-7-5-12(9-14)6-8-13/h5-8,11,15H,3-4,9-10,14H2,1-2H3. The fourth-order valence-electron chi connectivity index (χ4n) is 1.60. The van der Waals surface area contributed by atoms with E-state index in [1.807, 2.05) is 0 Å². The van der Waals surface area contributed by atoms with E-state index in [4.69, 9.17) is 5.73 Å². The van der Waals surface area contributed by atoms with Gasteiger partial charge in [-0.15, -0.1) is 0 Å². The Balaban J connectivity index is 2.43. The Hall–Kier alpha value is -1.02. The average Bonchev–Trinajstić information content (AvgIpc) is 2.31. The van der Waals surface area contributed by atoms with Crippen LogP contribution in [0.25, 0.3) is 0 Å². The van der Waals surface area contributed by atoms with Gasteiger partial charge in [0.25, 0.3) is 0 Å². The predicted molar refractivity (Wildman–Crippen MR) is 66.9 cm³/mol. The van der Waals surface area contributed by atoms with Crippen molar-refractivity contribution in [2.24, 2.45) is 11.7 Å². The molecule has 0 bridgehead atoms. The van der Waals surface area contributed by atoms with Gasteiger partial charge >= 0.3 is 0 Å². The molecule has 0 saturated carbocycles. The Labute approximate surface area is 92.9 Å². The van der Waals surface area contributed by atoms with Gasteiger partial charge in [-0.3, -0.25) is 0 Å². The summed E-state index contributed by atoms with van der Waals surface area (Å²) in [5, 5.41) is 3.46. The van der Waals surface area contributed by atoms with Crippen molar-refractivity contribution in [1.82, 2.24) is 0 Å². The first kappa shape index (κ1) is 12.1. The van der Waals surface area contributed by atoms with Crippen LogP contribution in [-0.2, 0) is 6.54 Å². The van der Waals surface area contributed by atoms with Crippen molar-refractivity contribution in [3.8, 4) is 0 Å². The van der Waals surface area contributed by atoms with Crippen LogP contribution in [0.2, 0.25) is 0 Å². The lowest BCUT2D eigenvalue weighted by Gasteiger charge is -2.14. The summed E-state index contributed by atoms with van der Waals surface area (Å²) in [5.74, 6) is 0.777. The number of rotatable bonds is 6. The van der Waals surface area contributed by atoms with E-state index < -0.39 is 0 Å². The molecule has 1 rings (SSSR count). The number of nitrogens with one attached hydrogen (secondary N) is 1. The predicted octanol–water partition coefficient (Wildman–Crippen LogP) is 2.99. The largest absolute Gasteiger partial charge is 0.385 e. The van der Waals surface area contributed by atoms with E-state index >= 15 is 0 Å². The van der Waals surface area contributed by atoms with Crippen LogP contribution < -0.4 is 11.1 Å². The highest BCUT2D eigenvalue weighted by molar-refractivity contribution is 5.44. The molecule has 0 heterocycles. The lowest BCUT2D eigenvalue weighted by molar-refractivity contribution is 0.519. The molecule has 15 heavy (non-hydrogen) atoms. The molecule has 2 nitrogen and oxygen atoms in total. The SMILES string of the molecule is CCC(CC)CNc1ccc(CN)cc1.